The fourth-order valence-electron chi connectivity index (χ4n) is 2.25. The summed E-state index contributed by atoms with van der Waals surface area (Å²) in [5, 5.41) is 0. The standard InChI is InChI=1S/C17H20N2O5S/c1-18-25(21,22)16-11-12(5-10-15(16)24-4)17(20)19(2)13-6-8-14(23-3)9-7-13/h5-11,18H,1-4H3. The van der Waals surface area contributed by atoms with Crippen LogP contribution >= 0.6 is 0 Å². The van der Waals surface area contributed by atoms with E-state index in [0.717, 1.165) is 0 Å². The highest BCUT2D eigenvalue weighted by atomic mass is 32.2. The molecule has 2 rings (SSSR count). The Morgan fingerprint density at radius 2 is 1.68 bits per heavy atom. The van der Waals surface area contributed by atoms with Crippen LogP contribution in [0.1, 0.15) is 10.4 Å². The van der Waals surface area contributed by atoms with Crippen molar-refractivity contribution in [1.82, 2.24) is 4.72 Å². The number of sulfonamides is 1. The van der Waals surface area contributed by atoms with Crippen molar-refractivity contribution in [2.75, 3.05) is 33.2 Å². The maximum Gasteiger partial charge on any atom is 0.258 e. The second kappa shape index (κ2) is 7.54. The summed E-state index contributed by atoms with van der Waals surface area (Å²) in [6.07, 6.45) is 0. The minimum atomic E-state index is -3.76. The van der Waals surface area contributed by atoms with Crippen molar-refractivity contribution < 1.29 is 22.7 Å². The SMILES string of the molecule is CNS(=O)(=O)c1cc(C(=O)N(C)c2ccc(OC)cc2)ccc1OC. The lowest BCUT2D eigenvalue weighted by atomic mass is 10.1. The molecule has 1 N–H and O–H groups in total. The van der Waals surface area contributed by atoms with Crippen LogP contribution in [0.15, 0.2) is 47.4 Å². The topological polar surface area (TPSA) is 84.9 Å². The van der Waals surface area contributed by atoms with E-state index in [1.165, 1.54) is 37.3 Å². The van der Waals surface area contributed by atoms with E-state index in [-0.39, 0.29) is 22.1 Å². The number of rotatable bonds is 6. The smallest absolute Gasteiger partial charge is 0.258 e. The molecule has 0 fully saturated rings. The van der Waals surface area contributed by atoms with Crippen molar-refractivity contribution in [3.05, 3.63) is 48.0 Å². The lowest BCUT2D eigenvalue weighted by Crippen LogP contribution is -2.27. The first-order valence-electron chi connectivity index (χ1n) is 7.37. The number of benzene rings is 2. The van der Waals surface area contributed by atoms with Crippen molar-refractivity contribution in [3.63, 3.8) is 0 Å². The van der Waals surface area contributed by atoms with Gasteiger partial charge in [-0.05, 0) is 49.5 Å². The van der Waals surface area contributed by atoms with Crippen LogP contribution in [0, 0.1) is 0 Å². The number of hydrogen-bond acceptors (Lipinski definition) is 5. The third-order valence-corrected chi connectivity index (χ3v) is 5.17. The Morgan fingerprint density at radius 3 is 2.20 bits per heavy atom. The van der Waals surface area contributed by atoms with Crippen molar-refractivity contribution in [2.45, 2.75) is 4.90 Å². The van der Waals surface area contributed by atoms with Gasteiger partial charge < -0.3 is 14.4 Å². The number of methoxy groups -OCH3 is 2. The van der Waals surface area contributed by atoms with Crippen LogP contribution in [0.2, 0.25) is 0 Å². The fraction of sp³-hybridized carbons (Fsp3) is 0.235. The number of amides is 1. The maximum absolute atomic E-state index is 12.7. The van der Waals surface area contributed by atoms with Gasteiger partial charge >= 0.3 is 0 Å². The van der Waals surface area contributed by atoms with Crippen molar-refractivity contribution in [3.8, 4) is 11.5 Å². The molecule has 0 radical (unpaired) electrons. The van der Waals surface area contributed by atoms with Gasteiger partial charge in [-0.15, -0.1) is 0 Å². The summed E-state index contributed by atoms with van der Waals surface area (Å²) in [7, 11) is 2.08. The quantitative estimate of drug-likeness (QED) is 0.846. The van der Waals surface area contributed by atoms with Crippen LogP contribution in [-0.2, 0) is 10.0 Å². The molecule has 0 aliphatic rings. The Labute approximate surface area is 147 Å². The number of carbonyl (C=O) groups is 1. The summed E-state index contributed by atoms with van der Waals surface area (Å²) in [4.78, 5) is 14.0. The molecule has 7 nitrogen and oxygen atoms in total. The molecule has 2 aromatic rings. The minimum Gasteiger partial charge on any atom is -0.497 e. The zero-order chi connectivity index (χ0) is 18.6. The monoisotopic (exact) mass is 364 g/mol. The Kier molecular flexibility index (Phi) is 5.66. The highest BCUT2D eigenvalue weighted by molar-refractivity contribution is 7.89. The summed E-state index contributed by atoms with van der Waals surface area (Å²) in [6, 6.07) is 11.2. The van der Waals surface area contributed by atoms with Gasteiger partial charge in [-0.2, -0.15) is 0 Å². The Bertz CT molecular complexity index is 863. The zero-order valence-corrected chi connectivity index (χ0v) is 15.3. The van der Waals surface area contributed by atoms with Gasteiger partial charge in [0.25, 0.3) is 5.91 Å². The summed E-state index contributed by atoms with van der Waals surface area (Å²) >= 11 is 0. The largest absolute Gasteiger partial charge is 0.497 e. The maximum atomic E-state index is 12.7. The lowest BCUT2D eigenvalue weighted by molar-refractivity contribution is 0.0992. The third-order valence-electron chi connectivity index (χ3n) is 3.73. The number of ether oxygens (including phenoxy) is 2. The first-order chi connectivity index (χ1) is 11.8. The summed E-state index contributed by atoms with van der Waals surface area (Å²) in [6.45, 7) is 0. The molecule has 0 aliphatic carbocycles. The molecule has 0 saturated heterocycles. The molecular weight excluding hydrogens is 344 g/mol. The van der Waals surface area contributed by atoms with Gasteiger partial charge in [0, 0.05) is 18.3 Å². The van der Waals surface area contributed by atoms with Gasteiger partial charge in [0.05, 0.1) is 14.2 Å². The van der Waals surface area contributed by atoms with E-state index in [1.807, 2.05) is 0 Å². The first kappa shape index (κ1) is 18.8. The van der Waals surface area contributed by atoms with Gasteiger partial charge in [0.15, 0.2) is 0 Å². The molecule has 0 unspecified atom stereocenters. The second-order valence-corrected chi connectivity index (χ2v) is 6.99. The normalized spacial score (nSPS) is 11.0. The summed E-state index contributed by atoms with van der Waals surface area (Å²) in [5.41, 5.74) is 0.882. The van der Waals surface area contributed by atoms with Crippen LogP contribution in [0.25, 0.3) is 0 Å². The zero-order valence-electron chi connectivity index (χ0n) is 14.4. The molecule has 0 spiro atoms. The van der Waals surface area contributed by atoms with E-state index in [1.54, 1.807) is 38.4 Å². The highest BCUT2D eigenvalue weighted by Gasteiger charge is 2.22. The molecule has 0 bridgehead atoms. The number of hydrogen-bond donors (Lipinski definition) is 1. The van der Waals surface area contributed by atoms with Crippen LogP contribution in [0.3, 0.4) is 0 Å². The fourth-order valence-corrected chi connectivity index (χ4v) is 3.16. The molecule has 1 amide bonds. The van der Waals surface area contributed by atoms with Gasteiger partial charge in [0.1, 0.15) is 16.4 Å². The van der Waals surface area contributed by atoms with Crippen LogP contribution < -0.4 is 19.1 Å². The third kappa shape index (κ3) is 3.92. The number of nitrogens with zero attached hydrogens (tertiary/aromatic N) is 1. The molecule has 134 valence electrons. The molecular formula is C17H20N2O5S. The molecule has 8 heteroatoms. The van der Waals surface area contributed by atoms with E-state index in [9.17, 15) is 13.2 Å². The average molecular weight is 364 g/mol. The molecule has 0 aliphatic heterocycles. The van der Waals surface area contributed by atoms with Crippen LogP contribution in [0.5, 0.6) is 11.5 Å². The van der Waals surface area contributed by atoms with Gasteiger partial charge in [-0.25, -0.2) is 13.1 Å². The van der Waals surface area contributed by atoms with E-state index in [4.69, 9.17) is 9.47 Å². The summed E-state index contributed by atoms with van der Waals surface area (Å²) in [5.74, 6) is 0.495. The van der Waals surface area contributed by atoms with E-state index >= 15 is 0 Å². The highest BCUT2D eigenvalue weighted by Crippen LogP contribution is 2.26. The number of carbonyl (C=O) groups excluding carboxylic acids is 1. The molecule has 0 atom stereocenters. The molecule has 0 heterocycles. The molecule has 0 aromatic heterocycles. The average Bonchev–Trinajstić information content (AvgIpc) is 2.66. The Morgan fingerprint density at radius 1 is 1.04 bits per heavy atom. The van der Waals surface area contributed by atoms with Crippen LogP contribution in [0.4, 0.5) is 5.69 Å². The predicted molar refractivity (Wildman–Crippen MR) is 95.0 cm³/mol. The van der Waals surface area contributed by atoms with Crippen molar-refractivity contribution in [2.24, 2.45) is 0 Å². The Balaban J connectivity index is 2.39. The lowest BCUT2D eigenvalue weighted by Gasteiger charge is -2.18. The molecule has 2 aromatic carbocycles. The predicted octanol–water partition coefficient (Wildman–Crippen LogP) is 1.89. The molecule has 25 heavy (non-hydrogen) atoms. The van der Waals surface area contributed by atoms with Crippen LogP contribution in [-0.4, -0.2) is 42.6 Å². The van der Waals surface area contributed by atoms with Crippen molar-refractivity contribution in [1.29, 1.82) is 0 Å². The number of anilines is 1. The number of nitrogens with one attached hydrogen (secondary N) is 1. The summed E-state index contributed by atoms with van der Waals surface area (Å²) < 4.78 is 36.7. The van der Waals surface area contributed by atoms with Crippen molar-refractivity contribution >= 4 is 21.6 Å². The van der Waals surface area contributed by atoms with Gasteiger partial charge in [-0.1, -0.05) is 0 Å². The second-order valence-electron chi connectivity index (χ2n) is 5.14. The van der Waals surface area contributed by atoms with Gasteiger partial charge in [0.2, 0.25) is 10.0 Å². The first-order valence-corrected chi connectivity index (χ1v) is 8.86. The van der Waals surface area contributed by atoms with E-state index in [2.05, 4.69) is 4.72 Å². The van der Waals surface area contributed by atoms with E-state index < -0.39 is 10.0 Å². The van der Waals surface area contributed by atoms with Gasteiger partial charge in [-0.3, -0.25) is 4.79 Å². The molecule has 0 saturated carbocycles. The Hall–Kier alpha value is -2.58. The van der Waals surface area contributed by atoms with E-state index in [0.29, 0.717) is 11.4 Å². The minimum absolute atomic E-state index is 0.0912.